The maximum Gasteiger partial charge on any atom is 1.00 e. The third kappa shape index (κ3) is 38.8. The molecule has 45 heteroatoms. The summed E-state index contributed by atoms with van der Waals surface area (Å²) in [6, 6.07) is 16.9. The number of pyridine rings is 2. The number of hydrogen-bond acceptors (Lipinski definition) is 15. The number of esters is 1. The van der Waals surface area contributed by atoms with Crippen LogP contribution in [0.15, 0.2) is 112 Å². The van der Waals surface area contributed by atoms with Crippen molar-refractivity contribution in [2.24, 2.45) is 0 Å². The number of hydrogen-bond donors (Lipinski definition) is 5. The van der Waals surface area contributed by atoms with E-state index in [9.17, 15) is 67.1 Å². The first-order valence-corrected chi connectivity index (χ1v) is 52.0. The summed E-state index contributed by atoms with van der Waals surface area (Å²) in [5.74, 6) is -10.3. The van der Waals surface area contributed by atoms with E-state index in [1.165, 1.54) is 54.5 Å². The molecule has 3 radical (unpaired) electrons. The van der Waals surface area contributed by atoms with Crippen LogP contribution in [0.25, 0.3) is 6.08 Å². The van der Waals surface area contributed by atoms with Gasteiger partial charge in [-0.15, -0.1) is 17.5 Å². The van der Waals surface area contributed by atoms with E-state index in [1.54, 1.807) is 49.4 Å². The zero-order valence-corrected chi connectivity index (χ0v) is 92.0. The van der Waals surface area contributed by atoms with Crippen LogP contribution in [0.4, 0.5) is 75.4 Å². The van der Waals surface area contributed by atoms with Crippen molar-refractivity contribution in [3.05, 3.63) is 247 Å². The Morgan fingerprint density at radius 3 is 1.40 bits per heavy atom. The predicted molar refractivity (Wildman–Crippen MR) is 526 cm³/mol. The molecule has 8 N–H and O–H groups in total. The number of aryl methyl sites for hydroxylation is 1. The largest absolute Gasteiger partial charge is 1.00 e. The molecule has 5 heterocycles. The zero-order valence-electron chi connectivity index (χ0n) is 74.9. The minimum absolute atomic E-state index is 0. The normalized spacial score (nSPS) is 13.9. The van der Waals surface area contributed by atoms with Gasteiger partial charge in [-0.3, -0.25) is 19.2 Å². The summed E-state index contributed by atoms with van der Waals surface area (Å²) in [4.78, 5) is 50.4. The van der Waals surface area contributed by atoms with Crippen molar-refractivity contribution in [1.82, 2.24) is 9.97 Å². The van der Waals surface area contributed by atoms with Crippen molar-refractivity contribution in [3.63, 3.8) is 0 Å². The van der Waals surface area contributed by atoms with Crippen LogP contribution >= 0.6 is 141 Å². The molecule has 0 bridgehead atoms. The molecule has 0 saturated carbocycles. The molecule has 2 saturated heterocycles. The van der Waals surface area contributed by atoms with E-state index >= 15 is 0 Å². The van der Waals surface area contributed by atoms with Crippen LogP contribution in [0.1, 0.15) is 127 Å². The van der Waals surface area contributed by atoms with Crippen LogP contribution < -0.4 is 51.7 Å². The first-order chi connectivity index (χ1) is 59.9. The Morgan fingerprint density at radius 1 is 0.583 bits per heavy atom. The molecule has 18 nitrogen and oxygen atoms in total. The molecule has 6 aromatic carbocycles. The van der Waals surface area contributed by atoms with Crippen LogP contribution in [0, 0.1) is 109 Å². The number of anilines is 4. The van der Waals surface area contributed by atoms with E-state index in [1.807, 2.05) is 84.1 Å². The molecule has 2 aliphatic carbocycles. The molecule has 13 rings (SSSR count). The maximum absolute atomic E-state index is 14.2. The Balaban J connectivity index is 0.00000146. The van der Waals surface area contributed by atoms with Gasteiger partial charge in [0.25, 0.3) is 5.97 Å². The summed E-state index contributed by atoms with van der Waals surface area (Å²) in [6.45, 7) is 38.6. The number of rotatable bonds is 6. The number of amides is 1. The van der Waals surface area contributed by atoms with Gasteiger partial charge in [-0.1, -0.05) is 92.7 Å². The SMILES string of the molecule is C#C[Si](C)(C)C.CC(=O)O.CC1(C)OB(B2OC(C)(C)C(C)(C)O2)OC1(C)C.CCOC(C)=O.C[Si](C)(C)C#Cc1cc(Br)c(F)c(F)c1N.Fc1c(Br)cc2c(c1F)CC=C2.Fc1c(Br)cc2c(c1F)CCC2.Nc1c(I)cc(Br)c(F)c1F.Nc1ccc(Br)c(F)c1F.O=C(Cc1cccnc1Cl)N1CCc2cc(Br)c(F)c(F)c21.O=C(O)Cc1cccnc1Cl.[B].[C-]#N.[Na+]. The van der Waals surface area contributed by atoms with E-state index < -0.39 is 112 Å². The molecular weight excluding hydrogens is 2340 g/mol. The van der Waals surface area contributed by atoms with Gasteiger partial charge in [0, 0.05) is 55.9 Å². The third-order valence-electron chi connectivity index (χ3n) is 18.4. The van der Waals surface area contributed by atoms with E-state index in [-0.39, 0.29) is 145 Å². The van der Waals surface area contributed by atoms with Crippen molar-refractivity contribution in [3.8, 4) is 23.4 Å². The van der Waals surface area contributed by atoms with Gasteiger partial charge in [-0.25, -0.2) is 62.7 Å². The monoisotopic (exact) mass is 2420 g/mol. The first-order valence-electron chi connectivity index (χ1n) is 38.4. The van der Waals surface area contributed by atoms with Crippen molar-refractivity contribution in [1.29, 1.82) is 5.26 Å². The van der Waals surface area contributed by atoms with Gasteiger partial charge in [0.05, 0.1) is 97.0 Å². The van der Waals surface area contributed by atoms with Gasteiger partial charge in [0.2, 0.25) is 5.91 Å². The first kappa shape index (κ1) is 126. The fourth-order valence-corrected chi connectivity index (χ4v) is 14.8. The summed E-state index contributed by atoms with van der Waals surface area (Å²) < 4.78 is 186. The predicted octanol–water partition coefficient (Wildman–Crippen LogP) is 21.7. The topological polar surface area (TPSA) is 286 Å². The number of nitrogens with zero attached hydrogens (tertiary/aromatic N) is 4. The summed E-state index contributed by atoms with van der Waals surface area (Å²) in [5.41, 5.74) is 24.3. The van der Waals surface area contributed by atoms with Gasteiger partial charge >= 0.3 is 55.5 Å². The average molecular weight is 2430 g/mol. The molecule has 1 amide bonds. The van der Waals surface area contributed by atoms with Gasteiger partial charge < -0.3 is 67.5 Å². The molecule has 5 aliphatic rings. The van der Waals surface area contributed by atoms with Crippen LogP contribution in [-0.4, -0.2) is 118 Å². The third-order valence-corrected chi connectivity index (χ3v) is 25.2. The molecule has 707 valence electrons. The Kier molecular flexibility index (Phi) is 54.3. The Bertz CT molecular complexity index is 5410. The number of ether oxygens (including phenoxy) is 1. The molecule has 3 aliphatic heterocycles. The van der Waals surface area contributed by atoms with Crippen LogP contribution in [0.2, 0.25) is 49.6 Å². The van der Waals surface area contributed by atoms with Crippen LogP contribution in [0.3, 0.4) is 0 Å². The maximum atomic E-state index is 14.2. The summed E-state index contributed by atoms with van der Waals surface area (Å²) >= 11 is 30.9. The van der Waals surface area contributed by atoms with E-state index in [0.29, 0.717) is 69.4 Å². The number of carbonyl (C=O) groups is 4. The van der Waals surface area contributed by atoms with Crippen molar-refractivity contribution in [2.75, 3.05) is 35.3 Å². The molecule has 132 heavy (non-hydrogen) atoms. The molecule has 2 fully saturated rings. The van der Waals surface area contributed by atoms with Crippen molar-refractivity contribution >= 4 is 233 Å². The number of fused-ring (bicyclic) bond motifs is 3. The second-order valence-electron chi connectivity index (χ2n) is 31.8. The average Bonchev–Trinajstić information content (AvgIpc) is 1.61. The number of halogens is 21. The Morgan fingerprint density at radius 2 is 0.985 bits per heavy atom. The number of nitrogens with two attached hydrogens (primary N) is 3. The molecule has 0 spiro atoms. The van der Waals surface area contributed by atoms with Gasteiger partial charge in [0.1, 0.15) is 26.5 Å². The number of terminal acetylenes is 1. The Hall–Kier alpha value is -5.93. The Labute approximate surface area is 862 Å². The van der Waals surface area contributed by atoms with Gasteiger partial charge in [0.15, 0.2) is 69.8 Å². The quantitative estimate of drug-likeness (QED) is 0.00988. The number of carboxylic acid groups (broad SMARTS) is 2. The standard InChI is InChI=1S/C15H10BrClF2N2O.C12H24B2O4.C11H12BrF2NSi.C9H7BrF2.C9H5BrF2.C7H6ClNO2.C6H3BrF2IN.C6H4BrF2N.C5H10Si.C4H8O2.C2H4O2.CN.B.Na/c16-10-6-8-3-5-21(14(8)13(19)12(10)18)11(22)7-9-2-1-4-20-15(9)17;1-9(2)10(3,4)16-13(15-9)14-17-11(5,6)12(7,8)18-14;1-16(2,3)5-4-7-6-8(12)9(13)10(14)11(7)15;2*10-7-4-5-2-1-3-6(5)8(11)9(7)12;8-7-5(4-6(10)11)2-1-3-9-7;7-2-1-3(10)6(11)5(9)4(2)8;7-3-1-2-4(10)6(9)5(3)8;1-5-6(2,3)4;1-3-6-4(2)5;1-2(3)4;1-2;;/h1-2,4,6H,3,5,7H2;1-8H3;6H,15H2,1-3H3;4H,1-3H2;1-2,4H,3H2;1-3H,4H2,(H,10,11);1H,11H2;1-2H,10H2;1H,2-4H3;3H2,1-2H3;1H3,(H,3,4);;;/q;;;;;;;;;;;-1;;+1. The van der Waals surface area contributed by atoms with Gasteiger partial charge in [-0.2, -0.15) is 0 Å². The number of aromatic nitrogens is 2. The van der Waals surface area contributed by atoms with Crippen LogP contribution in [0.5, 0.6) is 0 Å². The van der Waals surface area contributed by atoms with E-state index in [2.05, 4.69) is 167 Å². The second kappa shape index (κ2) is 56.8. The summed E-state index contributed by atoms with van der Waals surface area (Å²) in [5, 5.41) is 22.6. The summed E-state index contributed by atoms with van der Waals surface area (Å²) in [7, 11) is -3.61. The fourth-order valence-electron chi connectivity index (χ4n) is 10.5. The number of carboxylic acids is 2. The number of aliphatic carboxylic acids is 2. The molecule has 0 atom stereocenters. The van der Waals surface area contributed by atoms with Crippen molar-refractivity contribution in [2.45, 2.75) is 183 Å². The smallest absolute Gasteiger partial charge is 0.512 e. The molecule has 8 aromatic rings. The molecule has 2 aromatic heterocycles. The fraction of sp³-hybridized carbons (Fsp3) is 0.345. The summed E-state index contributed by atoms with van der Waals surface area (Å²) in [6.07, 6.45) is 15.1. The molecular formula is C87H93B3Br6Cl2F12IN7NaO11Si2. The zero-order chi connectivity index (χ0) is 100. The molecule has 0 unspecified atom stereocenters. The van der Waals surface area contributed by atoms with Gasteiger partial charge in [-0.05, 0) is 295 Å². The minimum atomic E-state index is -1.56. The number of allylic oxidation sites excluding steroid dienone is 1. The number of nitrogen functional groups attached to an aromatic ring is 3. The number of benzene rings is 6. The van der Waals surface area contributed by atoms with Crippen molar-refractivity contribution < 1.29 is 135 Å². The minimum Gasteiger partial charge on any atom is -0.512 e. The van der Waals surface area contributed by atoms with Crippen LogP contribution in [-0.2, 0) is 81.1 Å². The van der Waals surface area contributed by atoms with E-state index in [4.69, 9.17) is 92.3 Å². The second-order valence-corrected chi connectivity index (χ2v) is 48.3. The number of carbonyl (C=O) groups excluding carboxylic acids is 2. The van der Waals surface area contributed by atoms with E-state index in [0.717, 1.165) is 30.9 Å².